The molecule has 1 aromatic carbocycles. The molecule has 2 aliphatic rings. The fourth-order valence-corrected chi connectivity index (χ4v) is 3.71. The summed E-state index contributed by atoms with van der Waals surface area (Å²) in [7, 11) is 0. The Bertz CT molecular complexity index is 832. The Hall–Kier alpha value is -2.47. The van der Waals surface area contributed by atoms with Crippen LogP contribution in [0.3, 0.4) is 0 Å². The van der Waals surface area contributed by atoms with Crippen LogP contribution < -0.4 is 4.90 Å². The summed E-state index contributed by atoms with van der Waals surface area (Å²) in [5, 5.41) is 0.690. The Balaban J connectivity index is 1.57. The van der Waals surface area contributed by atoms with Crippen molar-refractivity contribution in [3.63, 3.8) is 0 Å². The molecule has 7 heteroatoms. The number of benzene rings is 1. The number of ketones is 1. The molecule has 0 N–H and O–H groups in total. The average molecular weight is 371 g/mol. The van der Waals surface area contributed by atoms with Gasteiger partial charge in [-0.2, -0.15) is 0 Å². The maximum absolute atomic E-state index is 12.5. The number of carbonyl (C=O) groups excluding carboxylic acids is 2. The van der Waals surface area contributed by atoms with Crippen LogP contribution in [-0.4, -0.2) is 53.2 Å². The zero-order valence-corrected chi connectivity index (χ0v) is 15.0. The highest BCUT2D eigenvalue weighted by atomic mass is 35.5. The SMILES string of the molecule is O=CN1CCN(c2ncc3c(n2)CC(c2ccc(Cl)cc2)CC3=O)CC1. The number of hydrogen-bond acceptors (Lipinski definition) is 5. The Labute approximate surface area is 156 Å². The summed E-state index contributed by atoms with van der Waals surface area (Å²) in [4.78, 5) is 36.3. The molecule has 0 saturated carbocycles. The van der Waals surface area contributed by atoms with Crippen molar-refractivity contribution in [3.05, 3.63) is 52.3 Å². The van der Waals surface area contributed by atoms with Crippen LogP contribution in [0.5, 0.6) is 0 Å². The normalized spacial score (nSPS) is 20.0. The van der Waals surface area contributed by atoms with E-state index in [9.17, 15) is 9.59 Å². The summed E-state index contributed by atoms with van der Waals surface area (Å²) in [6, 6.07) is 7.67. The van der Waals surface area contributed by atoms with E-state index in [2.05, 4.69) is 9.88 Å². The molecular weight excluding hydrogens is 352 g/mol. The molecule has 26 heavy (non-hydrogen) atoms. The van der Waals surface area contributed by atoms with Crippen molar-refractivity contribution < 1.29 is 9.59 Å². The first kappa shape index (κ1) is 17.0. The largest absolute Gasteiger partial charge is 0.342 e. The third-order valence-corrected chi connectivity index (χ3v) is 5.37. The van der Waals surface area contributed by atoms with Gasteiger partial charge < -0.3 is 9.80 Å². The third-order valence-electron chi connectivity index (χ3n) is 5.11. The van der Waals surface area contributed by atoms with Crippen LogP contribution in [0.25, 0.3) is 0 Å². The van der Waals surface area contributed by atoms with Crippen LogP contribution in [0.1, 0.15) is 34.0 Å². The standard InChI is InChI=1S/C19H19ClN4O2/c20-15-3-1-13(2-4-15)14-9-17-16(18(26)10-14)11-21-19(22-17)24-7-5-23(12-25)6-8-24/h1-4,11-12,14H,5-10H2. The van der Waals surface area contributed by atoms with Gasteiger partial charge in [0.2, 0.25) is 12.4 Å². The molecule has 1 aliphatic carbocycles. The van der Waals surface area contributed by atoms with Gasteiger partial charge in [-0.15, -0.1) is 0 Å². The van der Waals surface area contributed by atoms with Crippen molar-refractivity contribution in [1.29, 1.82) is 0 Å². The van der Waals surface area contributed by atoms with Crippen LogP contribution >= 0.6 is 11.6 Å². The van der Waals surface area contributed by atoms with Crippen LogP contribution in [0, 0.1) is 0 Å². The number of piperazine rings is 1. The van der Waals surface area contributed by atoms with E-state index in [1.807, 2.05) is 24.3 Å². The maximum atomic E-state index is 12.5. The lowest BCUT2D eigenvalue weighted by molar-refractivity contribution is -0.118. The summed E-state index contributed by atoms with van der Waals surface area (Å²) < 4.78 is 0. The maximum Gasteiger partial charge on any atom is 0.225 e. The molecule has 4 rings (SSSR count). The number of hydrogen-bond donors (Lipinski definition) is 0. The Morgan fingerprint density at radius 3 is 2.50 bits per heavy atom. The summed E-state index contributed by atoms with van der Waals surface area (Å²) in [6.07, 6.45) is 3.71. The first-order valence-electron chi connectivity index (χ1n) is 8.73. The molecule has 1 fully saturated rings. The van der Waals surface area contributed by atoms with Crippen molar-refractivity contribution in [2.45, 2.75) is 18.8 Å². The van der Waals surface area contributed by atoms with E-state index in [4.69, 9.17) is 16.6 Å². The second kappa shape index (κ2) is 7.03. The van der Waals surface area contributed by atoms with Gasteiger partial charge in [0.05, 0.1) is 11.3 Å². The van der Waals surface area contributed by atoms with Gasteiger partial charge in [-0.1, -0.05) is 23.7 Å². The molecule has 2 aromatic rings. The van der Waals surface area contributed by atoms with Crippen LogP contribution in [0.15, 0.2) is 30.5 Å². The molecule has 1 atom stereocenters. The number of halogens is 1. The van der Waals surface area contributed by atoms with E-state index in [1.54, 1.807) is 11.1 Å². The lowest BCUT2D eigenvalue weighted by Crippen LogP contribution is -2.46. The highest BCUT2D eigenvalue weighted by molar-refractivity contribution is 6.30. The second-order valence-electron chi connectivity index (χ2n) is 6.74. The molecule has 0 spiro atoms. The van der Waals surface area contributed by atoms with Crippen molar-refractivity contribution in [2.24, 2.45) is 0 Å². The molecule has 0 bridgehead atoms. The summed E-state index contributed by atoms with van der Waals surface area (Å²) >= 11 is 5.97. The fourth-order valence-electron chi connectivity index (χ4n) is 3.58. The lowest BCUT2D eigenvalue weighted by atomic mass is 9.82. The molecule has 0 radical (unpaired) electrons. The van der Waals surface area contributed by atoms with Crippen molar-refractivity contribution >= 4 is 29.7 Å². The second-order valence-corrected chi connectivity index (χ2v) is 7.18. The summed E-state index contributed by atoms with van der Waals surface area (Å²) in [5.74, 6) is 0.837. The van der Waals surface area contributed by atoms with E-state index in [0.29, 0.717) is 55.6 Å². The van der Waals surface area contributed by atoms with Gasteiger partial charge in [-0.05, 0) is 30.0 Å². The summed E-state index contributed by atoms with van der Waals surface area (Å²) in [6.45, 7) is 2.73. The minimum Gasteiger partial charge on any atom is -0.342 e. The Morgan fingerprint density at radius 1 is 1.08 bits per heavy atom. The van der Waals surface area contributed by atoms with Gasteiger partial charge >= 0.3 is 0 Å². The van der Waals surface area contributed by atoms with E-state index in [0.717, 1.165) is 17.7 Å². The van der Waals surface area contributed by atoms with Gasteiger partial charge in [0, 0.05) is 43.8 Å². The number of anilines is 1. The van der Waals surface area contributed by atoms with Crippen LogP contribution in [-0.2, 0) is 11.2 Å². The third kappa shape index (κ3) is 3.29. The highest BCUT2D eigenvalue weighted by Crippen LogP contribution is 2.32. The average Bonchev–Trinajstić information content (AvgIpc) is 2.68. The first-order chi connectivity index (χ1) is 12.6. The van der Waals surface area contributed by atoms with E-state index < -0.39 is 0 Å². The number of fused-ring (bicyclic) bond motifs is 1. The summed E-state index contributed by atoms with van der Waals surface area (Å²) in [5.41, 5.74) is 2.54. The molecule has 1 aromatic heterocycles. The number of aromatic nitrogens is 2. The monoisotopic (exact) mass is 370 g/mol. The molecule has 1 saturated heterocycles. The number of nitrogens with zero attached hydrogens (tertiary/aromatic N) is 4. The van der Waals surface area contributed by atoms with Gasteiger partial charge in [0.25, 0.3) is 0 Å². The van der Waals surface area contributed by atoms with Gasteiger partial charge in [0.15, 0.2) is 5.78 Å². The number of amides is 1. The molecule has 1 amide bonds. The Morgan fingerprint density at radius 2 is 1.81 bits per heavy atom. The molecule has 134 valence electrons. The molecule has 6 nitrogen and oxygen atoms in total. The molecule has 1 unspecified atom stereocenters. The number of carbonyl (C=O) groups is 2. The fraction of sp³-hybridized carbons (Fsp3) is 0.368. The Kier molecular flexibility index (Phi) is 4.59. The van der Waals surface area contributed by atoms with E-state index in [-0.39, 0.29) is 11.7 Å². The zero-order chi connectivity index (χ0) is 18.1. The number of rotatable bonds is 3. The smallest absolute Gasteiger partial charge is 0.225 e. The predicted octanol–water partition coefficient (Wildman–Crippen LogP) is 2.32. The molecule has 1 aliphatic heterocycles. The van der Waals surface area contributed by atoms with Gasteiger partial charge in [-0.25, -0.2) is 9.97 Å². The first-order valence-corrected chi connectivity index (χ1v) is 9.10. The topological polar surface area (TPSA) is 66.4 Å². The van der Waals surface area contributed by atoms with E-state index >= 15 is 0 Å². The lowest BCUT2D eigenvalue weighted by Gasteiger charge is -2.33. The van der Waals surface area contributed by atoms with Crippen molar-refractivity contribution in [1.82, 2.24) is 14.9 Å². The minimum atomic E-state index is 0.0866. The quantitative estimate of drug-likeness (QED) is 0.776. The molecule has 2 heterocycles. The number of Topliss-reactive ketones (excluding diaryl/α,β-unsaturated/α-hetero) is 1. The van der Waals surface area contributed by atoms with E-state index in [1.165, 1.54) is 0 Å². The van der Waals surface area contributed by atoms with Crippen LogP contribution in [0.4, 0.5) is 5.95 Å². The van der Waals surface area contributed by atoms with Crippen molar-refractivity contribution in [2.75, 3.05) is 31.1 Å². The zero-order valence-electron chi connectivity index (χ0n) is 14.3. The minimum absolute atomic E-state index is 0.0866. The highest BCUT2D eigenvalue weighted by Gasteiger charge is 2.29. The van der Waals surface area contributed by atoms with Gasteiger partial charge in [-0.3, -0.25) is 9.59 Å². The van der Waals surface area contributed by atoms with Crippen LogP contribution in [0.2, 0.25) is 5.02 Å². The molecular formula is C19H19ClN4O2. The predicted molar refractivity (Wildman–Crippen MR) is 98.7 cm³/mol. The van der Waals surface area contributed by atoms with Gasteiger partial charge in [0.1, 0.15) is 0 Å². The van der Waals surface area contributed by atoms with Crippen molar-refractivity contribution in [3.8, 4) is 0 Å².